The summed E-state index contributed by atoms with van der Waals surface area (Å²) in [4.78, 5) is 9.73. The minimum absolute atomic E-state index is 0.860. The fourth-order valence-electron chi connectivity index (χ4n) is 3.32. The first kappa shape index (κ1) is 14.9. The van der Waals surface area contributed by atoms with Gasteiger partial charge in [-0.05, 0) is 67.1 Å². The van der Waals surface area contributed by atoms with Crippen LogP contribution in [-0.4, -0.2) is 18.3 Å². The number of benzene rings is 2. The lowest BCUT2D eigenvalue weighted by atomic mass is 9.93. The average molecular weight is 316 g/mol. The molecule has 0 N–H and O–H groups in total. The van der Waals surface area contributed by atoms with Crippen molar-refractivity contribution in [2.24, 2.45) is 4.99 Å². The van der Waals surface area contributed by atoms with Gasteiger partial charge < -0.3 is 4.74 Å². The van der Waals surface area contributed by atoms with Crippen molar-refractivity contribution >= 4 is 22.8 Å². The van der Waals surface area contributed by atoms with Gasteiger partial charge in [-0.15, -0.1) is 0 Å². The van der Waals surface area contributed by atoms with E-state index in [1.54, 1.807) is 7.11 Å². The van der Waals surface area contributed by atoms with Crippen molar-refractivity contribution in [1.82, 2.24) is 4.98 Å². The van der Waals surface area contributed by atoms with Gasteiger partial charge >= 0.3 is 0 Å². The predicted molar refractivity (Wildman–Crippen MR) is 98.6 cm³/mol. The number of methoxy groups -OCH3 is 1. The van der Waals surface area contributed by atoms with E-state index in [4.69, 9.17) is 14.7 Å². The quantitative estimate of drug-likeness (QED) is 0.646. The van der Waals surface area contributed by atoms with E-state index in [1.165, 1.54) is 24.1 Å². The molecule has 0 aliphatic heterocycles. The van der Waals surface area contributed by atoms with Gasteiger partial charge in [-0.3, -0.25) is 9.98 Å². The fraction of sp³-hybridized carbons (Fsp3) is 0.238. The standard InChI is InChI=1S/C21H20N2O/c1-24-16-12-10-15(11-13-16)14-22-21-17-6-2-4-8-19(17)23-20-9-5-3-7-18(20)21/h2,4,6,8,10-14H,3,5,7,9H2,1H3. The molecular weight excluding hydrogens is 296 g/mol. The number of pyridine rings is 1. The summed E-state index contributed by atoms with van der Waals surface area (Å²) in [7, 11) is 1.68. The van der Waals surface area contributed by atoms with Gasteiger partial charge in [0.05, 0.1) is 18.3 Å². The van der Waals surface area contributed by atoms with E-state index in [0.29, 0.717) is 0 Å². The van der Waals surface area contributed by atoms with Crippen LogP contribution in [0.25, 0.3) is 10.9 Å². The maximum absolute atomic E-state index is 5.21. The van der Waals surface area contributed by atoms with Crippen LogP contribution in [0.5, 0.6) is 5.75 Å². The Morgan fingerprint density at radius 1 is 1.00 bits per heavy atom. The van der Waals surface area contributed by atoms with Gasteiger partial charge in [0.1, 0.15) is 5.75 Å². The third kappa shape index (κ3) is 2.78. The van der Waals surface area contributed by atoms with Crippen LogP contribution in [-0.2, 0) is 12.8 Å². The highest BCUT2D eigenvalue weighted by molar-refractivity contribution is 5.95. The lowest BCUT2D eigenvalue weighted by Gasteiger charge is -2.18. The molecule has 120 valence electrons. The molecule has 0 amide bonds. The third-order valence-corrected chi connectivity index (χ3v) is 4.60. The van der Waals surface area contributed by atoms with E-state index in [1.807, 2.05) is 36.5 Å². The zero-order valence-electron chi connectivity index (χ0n) is 13.8. The van der Waals surface area contributed by atoms with Gasteiger partial charge in [-0.2, -0.15) is 0 Å². The first-order valence-corrected chi connectivity index (χ1v) is 8.44. The van der Waals surface area contributed by atoms with Crippen molar-refractivity contribution in [2.45, 2.75) is 25.7 Å². The van der Waals surface area contributed by atoms with Crippen molar-refractivity contribution in [3.63, 3.8) is 0 Å². The molecule has 1 heterocycles. The van der Waals surface area contributed by atoms with Crippen molar-refractivity contribution < 1.29 is 4.74 Å². The monoisotopic (exact) mass is 316 g/mol. The van der Waals surface area contributed by atoms with Crippen molar-refractivity contribution in [3.05, 3.63) is 65.4 Å². The summed E-state index contributed by atoms with van der Waals surface area (Å²) >= 11 is 0. The molecule has 3 nitrogen and oxygen atoms in total. The summed E-state index contributed by atoms with van der Waals surface area (Å²) in [6.45, 7) is 0. The normalized spacial score (nSPS) is 14.0. The summed E-state index contributed by atoms with van der Waals surface area (Å²) in [5.74, 6) is 0.860. The van der Waals surface area contributed by atoms with E-state index < -0.39 is 0 Å². The molecule has 0 fully saturated rings. The van der Waals surface area contributed by atoms with Crippen LogP contribution in [0.2, 0.25) is 0 Å². The average Bonchev–Trinajstić information content (AvgIpc) is 2.65. The Balaban J connectivity index is 1.80. The molecule has 0 radical (unpaired) electrons. The van der Waals surface area contributed by atoms with E-state index in [2.05, 4.69) is 18.2 Å². The predicted octanol–water partition coefficient (Wildman–Crippen LogP) is 4.87. The van der Waals surface area contributed by atoms with Gasteiger partial charge in [0.15, 0.2) is 0 Å². The molecule has 4 rings (SSSR count). The molecule has 1 aliphatic rings. The Bertz CT molecular complexity index is 898. The van der Waals surface area contributed by atoms with Gasteiger partial charge in [-0.1, -0.05) is 18.2 Å². The van der Waals surface area contributed by atoms with Crippen LogP contribution in [0.1, 0.15) is 29.7 Å². The van der Waals surface area contributed by atoms with Gasteiger partial charge in [0.2, 0.25) is 0 Å². The molecule has 24 heavy (non-hydrogen) atoms. The first-order valence-electron chi connectivity index (χ1n) is 8.44. The Hall–Kier alpha value is -2.68. The topological polar surface area (TPSA) is 34.5 Å². The number of aromatic nitrogens is 1. The lowest BCUT2D eigenvalue weighted by molar-refractivity contribution is 0.415. The molecule has 3 aromatic rings. The fourth-order valence-corrected chi connectivity index (χ4v) is 3.32. The Kier molecular flexibility index (Phi) is 3.99. The van der Waals surface area contributed by atoms with Gasteiger partial charge in [0, 0.05) is 17.3 Å². The Morgan fingerprint density at radius 3 is 2.62 bits per heavy atom. The van der Waals surface area contributed by atoms with Gasteiger partial charge in [0.25, 0.3) is 0 Å². The number of fused-ring (bicyclic) bond motifs is 2. The minimum Gasteiger partial charge on any atom is -0.497 e. The molecule has 0 atom stereocenters. The molecule has 0 bridgehead atoms. The van der Waals surface area contributed by atoms with Gasteiger partial charge in [-0.25, -0.2) is 0 Å². The number of hydrogen-bond donors (Lipinski definition) is 0. The summed E-state index contributed by atoms with van der Waals surface area (Å²) < 4.78 is 5.21. The zero-order chi connectivity index (χ0) is 16.4. The van der Waals surface area contributed by atoms with Crippen molar-refractivity contribution in [2.75, 3.05) is 7.11 Å². The lowest BCUT2D eigenvalue weighted by Crippen LogP contribution is -2.06. The van der Waals surface area contributed by atoms with Crippen LogP contribution in [0.4, 0.5) is 5.69 Å². The number of hydrogen-bond acceptors (Lipinski definition) is 3. The second-order valence-electron chi connectivity index (χ2n) is 6.14. The third-order valence-electron chi connectivity index (χ3n) is 4.60. The number of aliphatic imine (C=N–C) groups is 1. The van der Waals surface area contributed by atoms with Crippen molar-refractivity contribution in [1.29, 1.82) is 0 Å². The SMILES string of the molecule is COc1ccc(C=Nc2c3c(nc4ccccc24)CCCC3)cc1. The molecule has 0 unspecified atom stereocenters. The second-order valence-corrected chi connectivity index (χ2v) is 6.14. The van der Waals surface area contributed by atoms with E-state index in [9.17, 15) is 0 Å². The summed E-state index contributed by atoms with van der Waals surface area (Å²) in [6.07, 6.45) is 6.52. The maximum Gasteiger partial charge on any atom is 0.118 e. The van der Waals surface area contributed by atoms with Crippen LogP contribution in [0, 0.1) is 0 Å². The number of ether oxygens (including phenoxy) is 1. The minimum atomic E-state index is 0.860. The molecule has 2 aromatic carbocycles. The van der Waals surface area contributed by atoms with E-state index in [-0.39, 0.29) is 0 Å². The smallest absolute Gasteiger partial charge is 0.118 e. The number of rotatable bonds is 3. The highest BCUT2D eigenvalue weighted by atomic mass is 16.5. The Morgan fingerprint density at radius 2 is 1.79 bits per heavy atom. The molecule has 0 spiro atoms. The van der Waals surface area contributed by atoms with Crippen LogP contribution in [0.3, 0.4) is 0 Å². The molecule has 3 heteroatoms. The highest BCUT2D eigenvalue weighted by Crippen LogP contribution is 2.35. The van der Waals surface area contributed by atoms with E-state index in [0.717, 1.165) is 40.7 Å². The highest BCUT2D eigenvalue weighted by Gasteiger charge is 2.17. The number of aryl methyl sites for hydroxylation is 1. The molecule has 0 saturated heterocycles. The zero-order valence-corrected chi connectivity index (χ0v) is 13.8. The molecular formula is C21H20N2O. The maximum atomic E-state index is 5.21. The van der Waals surface area contributed by atoms with Crippen molar-refractivity contribution in [3.8, 4) is 5.75 Å². The molecule has 1 aliphatic carbocycles. The first-order chi connectivity index (χ1) is 11.8. The Labute approximate surface area is 142 Å². The summed E-state index contributed by atoms with van der Waals surface area (Å²) in [5, 5.41) is 1.14. The summed E-state index contributed by atoms with van der Waals surface area (Å²) in [5.41, 5.74) is 5.75. The van der Waals surface area contributed by atoms with Crippen LogP contribution in [0.15, 0.2) is 53.5 Å². The number of nitrogens with zero attached hydrogens (tertiary/aromatic N) is 2. The molecule has 0 saturated carbocycles. The second kappa shape index (κ2) is 6.44. The largest absolute Gasteiger partial charge is 0.497 e. The van der Waals surface area contributed by atoms with Crippen LogP contribution < -0.4 is 4.74 Å². The van der Waals surface area contributed by atoms with E-state index >= 15 is 0 Å². The molecule has 1 aromatic heterocycles. The summed E-state index contributed by atoms with van der Waals surface area (Å²) in [6, 6.07) is 16.3. The number of para-hydroxylation sites is 1. The van der Waals surface area contributed by atoms with Crippen LogP contribution >= 0.6 is 0 Å².